The molecule has 0 aromatic heterocycles. The molecule has 4 rings (SSSR count). The smallest absolute Gasteiger partial charge is 0.251 e. The Bertz CT molecular complexity index is 756. The maximum absolute atomic E-state index is 13.2. The summed E-state index contributed by atoms with van der Waals surface area (Å²) in [6, 6.07) is 4.18. The topological polar surface area (TPSA) is 84.7 Å². The van der Waals surface area contributed by atoms with Gasteiger partial charge < -0.3 is 15.8 Å². The van der Waals surface area contributed by atoms with Crippen molar-refractivity contribution in [1.29, 1.82) is 0 Å². The van der Waals surface area contributed by atoms with E-state index in [1.807, 2.05) is 0 Å². The number of hydrogen-bond acceptors (Lipinski definition) is 4. The number of amides is 2. The Labute approximate surface area is 151 Å². The highest BCUT2D eigenvalue weighted by Crippen LogP contribution is 2.54. The maximum Gasteiger partial charge on any atom is 0.251 e. The number of halogens is 1. The van der Waals surface area contributed by atoms with Gasteiger partial charge in [-0.25, -0.2) is 4.39 Å². The molecule has 3 fully saturated rings. The number of nitrogens with zero attached hydrogens (tertiary/aromatic N) is 1. The van der Waals surface area contributed by atoms with E-state index >= 15 is 0 Å². The second kappa shape index (κ2) is 6.32. The number of primary amides is 1. The minimum Gasteiger partial charge on any atom is -0.370 e. The van der Waals surface area contributed by atoms with E-state index in [1.54, 1.807) is 6.92 Å². The summed E-state index contributed by atoms with van der Waals surface area (Å²) in [5, 5.41) is 3.00. The number of fused-ring (bicyclic) bond motifs is 1. The van der Waals surface area contributed by atoms with Gasteiger partial charge in [-0.3, -0.25) is 14.5 Å². The summed E-state index contributed by atoms with van der Waals surface area (Å²) in [4.78, 5) is 25.8. The average Bonchev–Trinajstić information content (AvgIpc) is 3.19. The molecule has 7 heteroatoms. The SMILES string of the molecule is Cc1cc(F)ccc1C(=O)NC[C@H]1[C@H]2CN(CC(N)=O)C[C@]23CC[C@H]1O3. The number of nitrogens with one attached hydrogen (secondary N) is 1. The van der Waals surface area contributed by atoms with Gasteiger partial charge in [0.2, 0.25) is 5.91 Å². The number of rotatable bonds is 5. The summed E-state index contributed by atoms with van der Waals surface area (Å²) in [5.74, 6) is -0.330. The zero-order valence-electron chi connectivity index (χ0n) is 14.8. The molecule has 2 bridgehead atoms. The molecule has 3 aliphatic heterocycles. The van der Waals surface area contributed by atoms with Crippen LogP contribution >= 0.6 is 0 Å². The molecule has 26 heavy (non-hydrogen) atoms. The van der Waals surface area contributed by atoms with Gasteiger partial charge in [0.05, 0.1) is 18.2 Å². The molecule has 0 unspecified atom stereocenters. The number of nitrogens with two attached hydrogens (primary N) is 1. The molecule has 1 aromatic carbocycles. The third-order valence-corrected chi connectivity index (χ3v) is 6.17. The van der Waals surface area contributed by atoms with Crippen LogP contribution in [0.4, 0.5) is 4.39 Å². The van der Waals surface area contributed by atoms with Gasteiger partial charge in [0.25, 0.3) is 5.91 Å². The fraction of sp³-hybridized carbons (Fsp3) is 0.579. The molecule has 3 aliphatic rings. The van der Waals surface area contributed by atoms with Crippen LogP contribution in [-0.4, -0.2) is 54.6 Å². The van der Waals surface area contributed by atoms with E-state index in [2.05, 4.69) is 10.2 Å². The third-order valence-electron chi connectivity index (χ3n) is 6.17. The molecule has 4 atom stereocenters. The third kappa shape index (κ3) is 2.89. The molecule has 0 saturated carbocycles. The summed E-state index contributed by atoms with van der Waals surface area (Å²) in [5.41, 5.74) is 6.26. The minimum absolute atomic E-state index is 0.158. The monoisotopic (exact) mass is 361 g/mol. The van der Waals surface area contributed by atoms with Gasteiger partial charge in [-0.15, -0.1) is 0 Å². The first-order valence-corrected chi connectivity index (χ1v) is 9.11. The Morgan fingerprint density at radius 2 is 2.27 bits per heavy atom. The van der Waals surface area contributed by atoms with Gasteiger partial charge in [0, 0.05) is 37.0 Å². The molecular weight excluding hydrogens is 337 g/mol. The lowest BCUT2D eigenvalue weighted by atomic mass is 9.73. The second-order valence-corrected chi connectivity index (χ2v) is 7.84. The van der Waals surface area contributed by atoms with Gasteiger partial charge in [0.1, 0.15) is 5.82 Å². The van der Waals surface area contributed by atoms with Crippen molar-refractivity contribution in [2.75, 3.05) is 26.2 Å². The summed E-state index contributed by atoms with van der Waals surface area (Å²) in [6.45, 7) is 4.01. The van der Waals surface area contributed by atoms with Crippen molar-refractivity contribution in [3.05, 3.63) is 35.1 Å². The predicted molar refractivity (Wildman–Crippen MR) is 92.9 cm³/mol. The van der Waals surface area contributed by atoms with Crippen LogP contribution < -0.4 is 11.1 Å². The van der Waals surface area contributed by atoms with Crippen LogP contribution in [0.15, 0.2) is 18.2 Å². The van der Waals surface area contributed by atoms with Crippen molar-refractivity contribution in [3.8, 4) is 0 Å². The summed E-state index contributed by atoms with van der Waals surface area (Å²) in [7, 11) is 0. The zero-order valence-corrected chi connectivity index (χ0v) is 14.8. The lowest BCUT2D eigenvalue weighted by molar-refractivity contribution is -0.119. The van der Waals surface area contributed by atoms with Crippen molar-refractivity contribution in [2.24, 2.45) is 17.6 Å². The zero-order chi connectivity index (χ0) is 18.5. The standard InChI is InChI=1S/C19H24FN3O3/c1-11-6-12(20)2-3-13(11)18(25)22-7-14-15-8-23(9-17(21)24)10-19(15)5-4-16(14)26-19/h2-3,6,14-16H,4-5,7-10H2,1H3,(H2,21,24)(H,22,25)/t14-,15+,16+,19+/m0/s1. The summed E-state index contributed by atoms with van der Waals surface area (Å²) < 4.78 is 19.5. The Balaban J connectivity index is 1.42. The minimum atomic E-state index is -0.344. The van der Waals surface area contributed by atoms with E-state index in [0.29, 0.717) is 23.6 Å². The largest absolute Gasteiger partial charge is 0.370 e. The van der Waals surface area contributed by atoms with E-state index in [0.717, 1.165) is 25.9 Å². The summed E-state index contributed by atoms with van der Waals surface area (Å²) in [6.07, 6.45) is 2.14. The van der Waals surface area contributed by atoms with E-state index < -0.39 is 0 Å². The molecule has 6 nitrogen and oxygen atoms in total. The Hall–Kier alpha value is -1.99. The van der Waals surface area contributed by atoms with E-state index in [1.165, 1.54) is 18.2 Å². The summed E-state index contributed by atoms with van der Waals surface area (Å²) >= 11 is 0. The molecular formula is C19H24FN3O3. The van der Waals surface area contributed by atoms with Crippen molar-refractivity contribution >= 4 is 11.8 Å². The molecule has 0 radical (unpaired) electrons. The number of benzene rings is 1. The van der Waals surface area contributed by atoms with Gasteiger partial charge in [-0.2, -0.15) is 0 Å². The first-order chi connectivity index (χ1) is 12.4. The van der Waals surface area contributed by atoms with Crippen molar-refractivity contribution in [3.63, 3.8) is 0 Å². The van der Waals surface area contributed by atoms with Crippen LogP contribution in [0.25, 0.3) is 0 Å². The Morgan fingerprint density at radius 3 is 3.00 bits per heavy atom. The molecule has 3 saturated heterocycles. The number of ether oxygens (including phenoxy) is 1. The van der Waals surface area contributed by atoms with Gasteiger partial charge in [-0.05, 0) is 43.5 Å². The van der Waals surface area contributed by atoms with Gasteiger partial charge in [-0.1, -0.05) is 0 Å². The molecule has 1 spiro atoms. The van der Waals surface area contributed by atoms with Crippen LogP contribution in [-0.2, 0) is 9.53 Å². The second-order valence-electron chi connectivity index (χ2n) is 7.84. The molecule has 2 amide bonds. The number of likely N-dealkylation sites (tertiary alicyclic amines) is 1. The van der Waals surface area contributed by atoms with Gasteiger partial charge >= 0.3 is 0 Å². The number of hydrogen-bond donors (Lipinski definition) is 2. The van der Waals surface area contributed by atoms with E-state index in [-0.39, 0.29) is 41.8 Å². The molecule has 0 aliphatic carbocycles. The molecule has 1 aromatic rings. The van der Waals surface area contributed by atoms with Crippen LogP contribution in [0, 0.1) is 24.6 Å². The highest BCUT2D eigenvalue weighted by atomic mass is 19.1. The maximum atomic E-state index is 13.2. The van der Waals surface area contributed by atoms with E-state index in [4.69, 9.17) is 10.5 Å². The Kier molecular flexibility index (Phi) is 4.23. The fourth-order valence-electron chi connectivity index (χ4n) is 5.09. The number of carbonyl (C=O) groups is 2. The first-order valence-electron chi connectivity index (χ1n) is 9.11. The number of aryl methyl sites for hydroxylation is 1. The highest BCUT2D eigenvalue weighted by molar-refractivity contribution is 5.95. The van der Waals surface area contributed by atoms with Crippen molar-refractivity contribution in [2.45, 2.75) is 31.5 Å². The van der Waals surface area contributed by atoms with Crippen molar-refractivity contribution < 1.29 is 18.7 Å². The predicted octanol–water partition coefficient (Wildman–Crippen LogP) is 0.829. The quantitative estimate of drug-likeness (QED) is 0.814. The highest BCUT2D eigenvalue weighted by Gasteiger charge is 2.62. The lowest BCUT2D eigenvalue weighted by Gasteiger charge is -2.29. The first kappa shape index (κ1) is 17.4. The van der Waals surface area contributed by atoms with E-state index in [9.17, 15) is 14.0 Å². The van der Waals surface area contributed by atoms with Crippen LogP contribution in [0.2, 0.25) is 0 Å². The molecule has 3 N–H and O–H groups in total. The lowest BCUT2D eigenvalue weighted by Crippen LogP contribution is -2.42. The van der Waals surface area contributed by atoms with Crippen LogP contribution in [0.5, 0.6) is 0 Å². The van der Waals surface area contributed by atoms with Crippen LogP contribution in [0.1, 0.15) is 28.8 Å². The van der Waals surface area contributed by atoms with Crippen LogP contribution in [0.3, 0.4) is 0 Å². The van der Waals surface area contributed by atoms with Crippen molar-refractivity contribution in [1.82, 2.24) is 10.2 Å². The number of carbonyl (C=O) groups excluding carboxylic acids is 2. The molecule has 3 heterocycles. The molecule has 140 valence electrons. The van der Waals surface area contributed by atoms with Gasteiger partial charge in [0.15, 0.2) is 0 Å². The normalized spacial score (nSPS) is 32.6. The fourth-order valence-corrected chi connectivity index (χ4v) is 5.09. The Morgan fingerprint density at radius 1 is 1.46 bits per heavy atom. The average molecular weight is 361 g/mol.